The van der Waals surface area contributed by atoms with Crippen molar-refractivity contribution in [3.63, 3.8) is 0 Å². The van der Waals surface area contributed by atoms with E-state index in [4.69, 9.17) is 15.6 Å². The Hall–Kier alpha value is -3.85. The minimum absolute atomic E-state index is 0.0291. The smallest absolute Gasteiger partial charge is 0.475 e. The number of benzene rings is 1. The first kappa shape index (κ1) is 27.7. The molecule has 1 amide bonds. The van der Waals surface area contributed by atoms with Crippen LogP contribution < -0.4 is 16.3 Å². The van der Waals surface area contributed by atoms with Crippen LogP contribution in [0.2, 0.25) is 0 Å². The van der Waals surface area contributed by atoms with Gasteiger partial charge >= 0.3 is 17.8 Å². The highest BCUT2D eigenvalue weighted by atomic mass is 32.1. The summed E-state index contributed by atoms with van der Waals surface area (Å²) in [5.41, 5.74) is 6.46. The largest absolute Gasteiger partial charge is 0.490 e. The number of halogens is 5. The number of carboxylic acid groups (broad SMARTS) is 1. The van der Waals surface area contributed by atoms with Gasteiger partial charge in [0, 0.05) is 23.4 Å². The van der Waals surface area contributed by atoms with E-state index in [1.54, 1.807) is 4.90 Å². The summed E-state index contributed by atoms with van der Waals surface area (Å²) in [6, 6.07) is 11.5. The molecule has 1 aliphatic heterocycles. The van der Waals surface area contributed by atoms with Gasteiger partial charge in [0.1, 0.15) is 11.3 Å². The summed E-state index contributed by atoms with van der Waals surface area (Å²) in [4.78, 5) is 36.5. The van der Waals surface area contributed by atoms with Crippen molar-refractivity contribution in [2.75, 3.05) is 11.4 Å². The molecule has 0 aliphatic carbocycles. The molecule has 0 unspecified atom stereocenters. The maximum atomic E-state index is 12.8. The molecule has 37 heavy (non-hydrogen) atoms. The zero-order valence-corrected chi connectivity index (χ0v) is 19.7. The van der Waals surface area contributed by atoms with E-state index in [-0.39, 0.29) is 31.1 Å². The summed E-state index contributed by atoms with van der Waals surface area (Å²) < 4.78 is 59.6. The van der Waals surface area contributed by atoms with Gasteiger partial charge in [0.15, 0.2) is 0 Å². The Labute approximate surface area is 209 Å². The predicted molar refractivity (Wildman–Crippen MR) is 124 cm³/mol. The van der Waals surface area contributed by atoms with Crippen molar-refractivity contribution in [1.29, 1.82) is 0 Å². The first-order chi connectivity index (χ1) is 17.4. The standard InChI is InChI=1S/C20H19F2N5O2S.C2HF3O2/c21-19(22)14(9-23)10-26-20(29)25(12-24-26)11-15-6-8-18(30-15)27-16-4-2-1-3-13(16)5-7-17(27)28;3-2(4,5)1(6)7/h1-4,6,8,12H,5,7,9-11,23H2;(H,6,7). The molecular weight excluding hydrogens is 525 g/mol. The van der Waals surface area contributed by atoms with Gasteiger partial charge in [0.2, 0.25) is 5.91 Å². The number of aryl methyl sites for hydroxylation is 1. The number of carbonyl (C=O) groups is 2. The van der Waals surface area contributed by atoms with Crippen LogP contribution in [0.15, 0.2) is 59.2 Å². The Bertz CT molecular complexity index is 1370. The third kappa shape index (κ3) is 6.68. The molecule has 0 bridgehead atoms. The molecule has 0 spiro atoms. The van der Waals surface area contributed by atoms with Gasteiger partial charge in [-0.3, -0.25) is 14.3 Å². The van der Waals surface area contributed by atoms with E-state index >= 15 is 0 Å². The molecule has 0 radical (unpaired) electrons. The van der Waals surface area contributed by atoms with E-state index in [2.05, 4.69) is 5.10 Å². The van der Waals surface area contributed by atoms with Crippen LogP contribution in [0.1, 0.15) is 16.9 Å². The minimum Gasteiger partial charge on any atom is -0.475 e. The number of nitrogens with two attached hydrogens (primary N) is 1. The first-order valence-corrected chi connectivity index (χ1v) is 11.4. The second kappa shape index (κ2) is 11.5. The van der Waals surface area contributed by atoms with Crippen LogP contribution in [-0.4, -0.2) is 44.1 Å². The van der Waals surface area contributed by atoms with Gasteiger partial charge in [-0.25, -0.2) is 14.3 Å². The number of hydrogen-bond acceptors (Lipinski definition) is 6. The average molecular weight is 545 g/mol. The fraction of sp³-hybridized carbons (Fsp3) is 0.273. The van der Waals surface area contributed by atoms with Crippen LogP contribution >= 0.6 is 11.3 Å². The van der Waals surface area contributed by atoms with Gasteiger partial charge in [0.25, 0.3) is 6.08 Å². The summed E-state index contributed by atoms with van der Waals surface area (Å²) >= 11 is 1.40. The number of para-hydroxylation sites is 1. The number of nitrogens with zero attached hydrogens (tertiary/aromatic N) is 4. The van der Waals surface area contributed by atoms with Crippen LogP contribution in [0.4, 0.5) is 32.6 Å². The number of fused-ring (bicyclic) bond motifs is 1. The van der Waals surface area contributed by atoms with Crippen molar-refractivity contribution >= 4 is 33.9 Å². The highest BCUT2D eigenvalue weighted by Gasteiger charge is 2.38. The van der Waals surface area contributed by atoms with E-state index in [0.717, 1.165) is 32.2 Å². The zero-order valence-electron chi connectivity index (χ0n) is 18.9. The molecular formula is C22H20F5N5O4S. The number of carbonyl (C=O) groups excluding carboxylic acids is 1. The van der Waals surface area contributed by atoms with Gasteiger partial charge in [-0.2, -0.15) is 27.1 Å². The predicted octanol–water partition coefficient (Wildman–Crippen LogP) is 3.51. The number of thiophene rings is 1. The lowest BCUT2D eigenvalue weighted by atomic mass is 10.0. The summed E-state index contributed by atoms with van der Waals surface area (Å²) in [5.74, 6) is -2.73. The zero-order chi connectivity index (χ0) is 27.3. The molecule has 3 heterocycles. The minimum atomic E-state index is -5.08. The van der Waals surface area contributed by atoms with Crippen LogP contribution in [0.3, 0.4) is 0 Å². The third-order valence-electron chi connectivity index (χ3n) is 5.18. The van der Waals surface area contributed by atoms with Crippen molar-refractivity contribution < 1.29 is 36.6 Å². The van der Waals surface area contributed by atoms with Crippen molar-refractivity contribution in [3.05, 3.63) is 75.3 Å². The summed E-state index contributed by atoms with van der Waals surface area (Å²) in [6.07, 6.45) is -4.50. The second-order valence-electron chi connectivity index (χ2n) is 7.67. The lowest BCUT2D eigenvalue weighted by molar-refractivity contribution is -0.192. The van der Waals surface area contributed by atoms with Crippen LogP contribution in [0, 0.1) is 0 Å². The monoisotopic (exact) mass is 545 g/mol. The first-order valence-electron chi connectivity index (χ1n) is 10.6. The fourth-order valence-electron chi connectivity index (χ4n) is 3.38. The van der Waals surface area contributed by atoms with Gasteiger partial charge in [-0.05, 0) is 30.2 Å². The molecule has 9 nitrogen and oxygen atoms in total. The number of aliphatic carboxylic acids is 1. The quantitative estimate of drug-likeness (QED) is 0.457. The molecule has 0 saturated carbocycles. The van der Waals surface area contributed by atoms with Crippen LogP contribution in [0.25, 0.3) is 0 Å². The van der Waals surface area contributed by atoms with Crippen molar-refractivity contribution in [3.8, 4) is 0 Å². The summed E-state index contributed by atoms with van der Waals surface area (Å²) in [7, 11) is 0. The molecule has 15 heteroatoms. The molecule has 4 rings (SSSR count). The Morgan fingerprint density at radius 1 is 1.11 bits per heavy atom. The number of carboxylic acids is 1. The van der Waals surface area contributed by atoms with E-state index in [1.165, 1.54) is 22.2 Å². The third-order valence-corrected chi connectivity index (χ3v) is 6.23. The van der Waals surface area contributed by atoms with E-state index in [9.17, 15) is 31.5 Å². The molecule has 0 fully saturated rings. The highest BCUT2D eigenvalue weighted by molar-refractivity contribution is 7.16. The molecule has 3 N–H and O–H groups in total. The van der Waals surface area contributed by atoms with Crippen molar-refractivity contribution in [2.45, 2.75) is 32.1 Å². The normalized spacial score (nSPS) is 13.0. The number of anilines is 2. The average Bonchev–Trinajstić information content (AvgIpc) is 3.44. The molecule has 3 aromatic rings. The fourth-order valence-corrected chi connectivity index (χ4v) is 4.42. The van der Waals surface area contributed by atoms with Crippen LogP contribution in [-0.2, 0) is 29.1 Å². The Morgan fingerprint density at radius 2 is 1.78 bits per heavy atom. The van der Waals surface area contributed by atoms with E-state index in [1.807, 2.05) is 36.4 Å². The molecule has 1 aromatic carbocycles. The van der Waals surface area contributed by atoms with E-state index in [0.29, 0.717) is 6.42 Å². The maximum absolute atomic E-state index is 12.8. The maximum Gasteiger partial charge on any atom is 0.490 e. The number of alkyl halides is 3. The number of amides is 1. The summed E-state index contributed by atoms with van der Waals surface area (Å²) in [5, 5.41) is 11.8. The SMILES string of the molecule is NCC(Cn1ncn(Cc2ccc(N3C(=O)CCc4ccccc43)s2)c1=O)=C(F)F.O=C(O)C(F)(F)F. The second-order valence-corrected chi connectivity index (χ2v) is 8.81. The number of aromatic nitrogens is 3. The molecule has 0 saturated heterocycles. The van der Waals surface area contributed by atoms with Gasteiger partial charge in [-0.1, -0.05) is 18.2 Å². The Morgan fingerprint density at radius 3 is 2.41 bits per heavy atom. The lowest BCUT2D eigenvalue weighted by Crippen LogP contribution is -2.30. The molecule has 0 atom stereocenters. The summed E-state index contributed by atoms with van der Waals surface area (Å²) in [6.45, 7) is -0.465. The Kier molecular flexibility index (Phi) is 8.60. The van der Waals surface area contributed by atoms with Gasteiger partial charge in [0.05, 0.1) is 18.8 Å². The van der Waals surface area contributed by atoms with Crippen molar-refractivity contribution in [1.82, 2.24) is 14.3 Å². The molecule has 198 valence electrons. The topological polar surface area (TPSA) is 123 Å². The van der Waals surface area contributed by atoms with Crippen molar-refractivity contribution in [2.24, 2.45) is 5.73 Å². The van der Waals surface area contributed by atoms with E-state index < -0.39 is 23.9 Å². The number of rotatable bonds is 6. The molecule has 1 aliphatic rings. The lowest BCUT2D eigenvalue weighted by Gasteiger charge is -2.28. The molecule has 2 aromatic heterocycles. The van der Waals surface area contributed by atoms with Crippen LogP contribution in [0.5, 0.6) is 0 Å². The highest BCUT2D eigenvalue weighted by Crippen LogP contribution is 2.38. The van der Waals surface area contributed by atoms with Gasteiger partial charge < -0.3 is 10.8 Å². The van der Waals surface area contributed by atoms with Gasteiger partial charge in [-0.15, -0.1) is 11.3 Å². The Balaban J connectivity index is 0.000000479. The number of hydrogen-bond donors (Lipinski definition) is 2.